The summed E-state index contributed by atoms with van der Waals surface area (Å²) in [5.74, 6) is -0.213. The molecule has 0 aliphatic carbocycles. The third-order valence-corrected chi connectivity index (χ3v) is 3.76. The minimum Gasteiger partial charge on any atom is -0.383 e. The minimum absolute atomic E-state index is 0.213. The molecule has 0 heterocycles. The summed E-state index contributed by atoms with van der Waals surface area (Å²) in [5.41, 5.74) is 1.89. The van der Waals surface area contributed by atoms with Crippen LogP contribution in [-0.4, -0.2) is 13.1 Å². The van der Waals surface area contributed by atoms with Crippen LogP contribution in [-0.2, 0) is 6.42 Å². The van der Waals surface area contributed by atoms with Crippen molar-refractivity contribution >= 4 is 17.6 Å². The number of hydrogen-bond donors (Lipinski definition) is 2. The Hall–Kier alpha value is -1.78. The third kappa shape index (κ3) is 5.25. The Morgan fingerprint density at radius 2 is 1.90 bits per heavy atom. The Labute approximate surface area is 129 Å². The summed E-state index contributed by atoms with van der Waals surface area (Å²) in [6, 6.07) is 15.0. The van der Waals surface area contributed by atoms with Gasteiger partial charge in [0.15, 0.2) is 0 Å². The van der Waals surface area contributed by atoms with E-state index in [4.69, 9.17) is 0 Å². The van der Waals surface area contributed by atoms with E-state index < -0.39 is 0 Å². The van der Waals surface area contributed by atoms with Crippen LogP contribution in [0.2, 0.25) is 0 Å². The molecule has 21 heavy (non-hydrogen) atoms. The number of hydrogen-bond acceptors (Lipinski definition) is 3. The maximum Gasteiger partial charge on any atom is 0.123 e. The van der Waals surface area contributed by atoms with Crippen molar-refractivity contribution in [3.63, 3.8) is 0 Å². The summed E-state index contributed by atoms with van der Waals surface area (Å²) in [6.45, 7) is 5.29. The summed E-state index contributed by atoms with van der Waals surface area (Å²) in [6.07, 6.45) is 2.44. The van der Waals surface area contributed by atoms with Crippen molar-refractivity contribution in [2.45, 2.75) is 11.3 Å². The van der Waals surface area contributed by atoms with E-state index >= 15 is 0 Å². The van der Waals surface area contributed by atoms with Gasteiger partial charge >= 0.3 is 0 Å². The summed E-state index contributed by atoms with van der Waals surface area (Å²) in [4.78, 5) is 1.19. The van der Waals surface area contributed by atoms with E-state index in [2.05, 4.69) is 28.8 Å². The lowest BCUT2D eigenvalue weighted by Gasteiger charge is -2.11. The Kier molecular flexibility index (Phi) is 6.31. The molecule has 2 N–H and O–H groups in total. The molecule has 0 aromatic heterocycles. The van der Waals surface area contributed by atoms with Gasteiger partial charge in [0.1, 0.15) is 5.82 Å². The molecule has 0 aliphatic rings. The molecule has 2 aromatic carbocycles. The van der Waals surface area contributed by atoms with Crippen molar-refractivity contribution in [2.24, 2.45) is 0 Å². The van der Waals surface area contributed by atoms with Crippen LogP contribution in [0.5, 0.6) is 0 Å². The molecule has 0 amide bonds. The van der Waals surface area contributed by atoms with Gasteiger partial charge in [-0.25, -0.2) is 4.39 Å². The zero-order valence-electron chi connectivity index (χ0n) is 11.8. The predicted octanol–water partition coefficient (Wildman–Crippen LogP) is 4.26. The second-order valence-electron chi connectivity index (χ2n) is 4.53. The van der Waals surface area contributed by atoms with Gasteiger partial charge in [0.05, 0.1) is 0 Å². The molecule has 0 spiro atoms. The lowest BCUT2D eigenvalue weighted by Crippen LogP contribution is -2.16. The first-order valence-corrected chi connectivity index (χ1v) is 7.69. The molecule has 2 rings (SSSR count). The van der Waals surface area contributed by atoms with Crippen molar-refractivity contribution in [1.82, 2.24) is 4.72 Å². The van der Waals surface area contributed by atoms with Gasteiger partial charge in [-0.15, -0.1) is 6.58 Å². The quantitative estimate of drug-likeness (QED) is 0.433. The number of nitrogens with one attached hydrogen (secondary N) is 2. The fraction of sp³-hybridized carbons (Fsp3) is 0.176. The molecule has 0 saturated carbocycles. The van der Waals surface area contributed by atoms with Crippen LogP contribution in [0.1, 0.15) is 5.56 Å². The summed E-state index contributed by atoms with van der Waals surface area (Å²) >= 11 is 1.61. The van der Waals surface area contributed by atoms with E-state index in [9.17, 15) is 4.39 Å². The first kappa shape index (κ1) is 15.6. The van der Waals surface area contributed by atoms with Crippen LogP contribution in [0.4, 0.5) is 10.1 Å². The van der Waals surface area contributed by atoms with Crippen LogP contribution in [0.15, 0.2) is 66.1 Å². The molecular formula is C17H19FN2S. The van der Waals surface area contributed by atoms with E-state index in [1.165, 1.54) is 11.0 Å². The summed E-state index contributed by atoms with van der Waals surface area (Å²) < 4.78 is 16.5. The average Bonchev–Trinajstić information content (AvgIpc) is 2.50. The topological polar surface area (TPSA) is 24.1 Å². The average molecular weight is 302 g/mol. The van der Waals surface area contributed by atoms with Crippen LogP contribution < -0.4 is 10.0 Å². The number of halogens is 1. The standard InChI is InChI=1S/C17H19FN2S/c1-2-6-14-13-15(18)9-10-17(14)19-11-12-20-21-16-7-4-3-5-8-16/h2-5,7-10,13,19-20H,1,6,11-12H2. The second kappa shape index (κ2) is 8.49. The van der Waals surface area contributed by atoms with E-state index in [-0.39, 0.29) is 5.82 Å². The zero-order chi connectivity index (χ0) is 14.9. The smallest absolute Gasteiger partial charge is 0.123 e. The fourth-order valence-electron chi connectivity index (χ4n) is 1.93. The fourth-order valence-corrected chi connectivity index (χ4v) is 2.59. The van der Waals surface area contributed by atoms with Gasteiger partial charge in [-0.1, -0.05) is 24.3 Å². The number of benzene rings is 2. The van der Waals surface area contributed by atoms with Crippen molar-refractivity contribution in [1.29, 1.82) is 0 Å². The first-order chi connectivity index (χ1) is 10.3. The molecule has 0 fully saturated rings. The first-order valence-electron chi connectivity index (χ1n) is 6.87. The van der Waals surface area contributed by atoms with E-state index in [1.807, 2.05) is 18.2 Å². The molecule has 0 radical (unpaired) electrons. The van der Waals surface area contributed by atoms with Crippen molar-refractivity contribution in [2.75, 3.05) is 18.4 Å². The maximum absolute atomic E-state index is 13.2. The molecular weight excluding hydrogens is 283 g/mol. The molecule has 2 aromatic rings. The van der Waals surface area contributed by atoms with E-state index in [0.717, 1.165) is 24.3 Å². The summed E-state index contributed by atoms with van der Waals surface area (Å²) in [5, 5.41) is 3.32. The van der Waals surface area contributed by atoms with Crippen molar-refractivity contribution in [3.05, 3.63) is 72.6 Å². The molecule has 0 atom stereocenters. The van der Waals surface area contributed by atoms with Gasteiger partial charge in [-0.2, -0.15) is 0 Å². The van der Waals surface area contributed by atoms with Crippen LogP contribution in [0.3, 0.4) is 0 Å². The van der Waals surface area contributed by atoms with Gasteiger partial charge in [0.2, 0.25) is 0 Å². The minimum atomic E-state index is -0.213. The zero-order valence-corrected chi connectivity index (χ0v) is 12.6. The Morgan fingerprint density at radius 3 is 2.67 bits per heavy atom. The lowest BCUT2D eigenvalue weighted by atomic mass is 10.1. The Balaban J connectivity index is 1.77. The molecule has 110 valence electrons. The highest BCUT2D eigenvalue weighted by atomic mass is 32.2. The largest absolute Gasteiger partial charge is 0.383 e. The third-order valence-electron chi connectivity index (χ3n) is 2.91. The van der Waals surface area contributed by atoms with Gasteiger partial charge in [-0.3, -0.25) is 4.72 Å². The molecule has 0 aliphatic heterocycles. The number of allylic oxidation sites excluding steroid dienone is 1. The molecule has 4 heteroatoms. The normalized spacial score (nSPS) is 10.3. The van der Waals surface area contributed by atoms with Gasteiger partial charge in [0.25, 0.3) is 0 Å². The molecule has 0 bridgehead atoms. The molecule has 2 nitrogen and oxygen atoms in total. The van der Waals surface area contributed by atoms with Crippen LogP contribution >= 0.6 is 11.9 Å². The second-order valence-corrected chi connectivity index (χ2v) is 5.49. The van der Waals surface area contributed by atoms with Crippen molar-refractivity contribution in [3.8, 4) is 0 Å². The SMILES string of the molecule is C=CCc1cc(F)ccc1NCCNSc1ccccc1. The van der Waals surface area contributed by atoms with Crippen LogP contribution in [0.25, 0.3) is 0 Å². The lowest BCUT2D eigenvalue weighted by molar-refractivity contribution is 0.626. The number of rotatable bonds is 8. The highest BCUT2D eigenvalue weighted by Gasteiger charge is 2.02. The van der Waals surface area contributed by atoms with Gasteiger partial charge < -0.3 is 5.32 Å². The van der Waals surface area contributed by atoms with Gasteiger partial charge in [-0.05, 0) is 54.3 Å². The highest BCUT2D eigenvalue weighted by molar-refractivity contribution is 7.97. The number of anilines is 1. The highest BCUT2D eigenvalue weighted by Crippen LogP contribution is 2.18. The summed E-state index contributed by atoms with van der Waals surface area (Å²) in [7, 11) is 0. The van der Waals surface area contributed by atoms with Gasteiger partial charge in [0, 0.05) is 23.7 Å². The van der Waals surface area contributed by atoms with Crippen molar-refractivity contribution < 1.29 is 4.39 Å². The molecule has 0 saturated heterocycles. The Bertz CT molecular complexity index is 572. The molecule has 0 unspecified atom stereocenters. The monoisotopic (exact) mass is 302 g/mol. The Morgan fingerprint density at radius 1 is 1.10 bits per heavy atom. The van der Waals surface area contributed by atoms with Crippen LogP contribution in [0, 0.1) is 5.82 Å². The van der Waals surface area contributed by atoms with E-state index in [1.54, 1.807) is 30.2 Å². The maximum atomic E-state index is 13.2. The van der Waals surface area contributed by atoms with E-state index in [0.29, 0.717) is 6.42 Å². The predicted molar refractivity (Wildman–Crippen MR) is 89.1 cm³/mol.